The molecule has 1 saturated carbocycles. The molecule has 0 bridgehead atoms. The Morgan fingerprint density at radius 2 is 1.95 bits per heavy atom. The van der Waals surface area contributed by atoms with Crippen molar-refractivity contribution in [3.05, 3.63) is 29.8 Å². The Morgan fingerprint density at radius 1 is 1.24 bits per heavy atom. The maximum Gasteiger partial charge on any atom is 0.128 e. The predicted molar refractivity (Wildman–Crippen MR) is 83.8 cm³/mol. The van der Waals surface area contributed by atoms with Crippen LogP contribution in [0.15, 0.2) is 24.3 Å². The van der Waals surface area contributed by atoms with Crippen molar-refractivity contribution in [1.29, 1.82) is 0 Å². The molecule has 2 N–H and O–H groups in total. The van der Waals surface area contributed by atoms with E-state index in [1.807, 2.05) is 12.1 Å². The number of rotatable bonds is 8. The lowest BCUT2D eigenvalue weighted by atomic mass is 9.86. The second kappa shape index (κ2) is 7.78. The SMILES string of the molecule is CCC(C)c1ccc(OC2CC(N)C2OCCOC)cc1. The summed E-state index contributed by atoms with van der Waals surface area (Å²) in [6.45, 7) is 5.58. The first-order chi connectivity index (χ1) is 10.2. The quantitative estimate of drug-likeness (QED) is 0.749. The van der Waals surface area contributed by atoms with Crippen LogP contribution in [-0.2, 0) is 9.47 Å². The van der Waals surface area contributed by atoms with E-state index in [2.05, 4.69) is 26.0 Å². The summed E-state index contributed by atoms with van der Waals surface area (Å²) in [6.07, 6.45) is 2.00. The minimum Gasteiger partial charge on any atom is -0.488 e. The van der Waals surface area contributed by atoms with Crippen molar-refractivity contribution in [2.75, 3.05) is 20.3 Å². The van der Waals surface area contributed by atoms with Crippen LogP contribution in [0.2, 0.25) is 0 Å². The van der Waals surface area contributed by atoms with Crippen LogP contribution in [-0.4, -0.2) is 38.6 Å². The normalized spacial score (nSPS) is 26.2. The van der Waals surface area contributed by atoms with Gasteiger partial charge in [-0.25, -0.2) is 0 Å². The zero-order chi connectivity index (χ0) is 15.2. The molecular formula is C17H27NO3. The molecule has 0 radical (unpaired) electrons. The van der Waals surface area contributed by atoms with Crippen LogP contribution in [0.4, 0.5) is 0 Å². The highest BCUT2D eigenvalue weighted by atomic mass is 16.6. The third-order valence-electron chi connectivity index (χ3n) is 4.24. The van der Waals surface area contributed by atoms with Gasteiger partial charge < -0.3 is 19.9 Å². The van der Waals surface area contributed by atoms with Gasteiger partial charge in [0, 0.05) is 19.6 Å². The molecule has 4 heteroatoms. The largest absolute Gasteiger partial charge is 0.488 e. The van der Waals surface area contributed by atoms with E-state index in [0.29, 0.717) is 19.1 Å². The molecule has 4 atom stereocenters. The number of hydrogen-bond acceptors (Lipinski definition) is 4. The molecule has 1 aliphatic carbocycles. The summed E-state index contributed by atoms with van der Waals surface area (Å²) in [6, 6.07) is 8.42. The van der Waals surface area contributed by atoms with Gasteiger partial charge in [-0.05, 0) is 30.0 Å². The first-order valence-electron chi connectivity index (χ1n) is 7.78. The number of nitrogens with two attached hydrogens (primary N) is 1. The Labute approximate surface area is 127 Å². The van der Waals surface area contributed by atoms with Crippen LogP contribution < -0.4 is 10.5 Å². The molecule has 0 aromatic heterocycles. The minimum atomic E-state index is -0.0330. The Kier molecular flexibility index (Phi) is 6.03. The molecule has 1 aromatic rings. The second-order valence-electron chi connectivity index (χ2n) is 5.76. The lowest BCUT2D eigenvalue weighted by Gasteiger charge is -2.41. The summed E-state index contributed by atoms with van der Waals surface area (Å²) in [5.41, 5.74) is 7.34. The number of ether oxygens (including phenoxy) is 3. The van der Waals surface area contributed by atoms with E-state index in [1.54, 1.807) is 7.11 Å². The first-order valence-corrected chi connectivity index (χ1v) is 7.78. The molecule has 2 rings (SSSR count). The van der Waals surface area contributed by atoms with Gasteiger partial charge in [0.05, 0.1) is 13.2 Å². The zero-order valence-electron chi connectivity index (χ0n) is 13.2. The van der Waals surface area contributed by atoms with Crippen LogP contribution in [0.25, 0.3) is 0 Å². The lowest BCUT2D eigenvalue weighted by molar-refractivity contribution is -0.107. The monoisotopic (exact) mass is 293 g/mol. The Morgan fingerprint density at radius 3 is 2.52 bits per heavy atom. The number of methoxy groups -OCH3 is 1. The fourth-order valence-electron chi connectivity index (χ4n) is 2.52. The van der Waals surface area contributed by atoms with Crippen LogP contribution in [0.5, 0.6) is 5.75 Å². The highest BCUT2D eigenvalue weighted by molar-refractivity contribution is 5.29. The van der Waals surface area contributed by atoms with Crippen LogP contribution >= 0.6 is 0 Å². The highest BCUT2D eigenvalue weighted by Crippen LogP contribution is 2.29. The number of benzene rings is 1. The van der Waals surface area contributed by atoms with Gasteiger partial charge in [-0.3, -0.25) is 0 Å². The fourth-order valence-corrected chi connectivity index (χ4v) is 2.52. The Balaban J connectivity index is 1.86. The van der Waals surface area contributed by atoms with E-state index < -0.39 is 0 Å². The van der Waals surface area contributed by atoms with Crippen LogP contribution in [0.1, 0.15) is 38.2 Å². The lowest BCUT2D eigenvalue weighted by Crippen LogP contribution is -2.59. The fraction of sp³-hybridized carbons (Fsp3) is 0.647. The molecule has 4 nitrogen and oxygen atoms in total. The second-order valence-corrected chi connectivity index (χ2v) is 5.76. The van der Waals surface area contributed by atoms with E-state index >= 15 is 0 Å². The third-order valence-corrected chi connectivity index (χ3v) is 4.24. The summed E-state index contributed by atoms with van der Waals surface area (Å²) in [5.74, 6) is 1.47. The van der Waals surface area contributed by atoms with Crippen molar-refractivity contribution in [1.82, 2.24) is 0 Å². The summed E-state index contributed by atoms with van der Waals surface area (Å²) in [7, 11) is 1.66. The molecule has 0 spiro atoms. The molecule has 21 heavy (non-hydrogen) atoms. The molecule has 1 aliphatic rings. The van der Waals surface area contributed by atoms with Crippen molar-refractivity contribution in [2.24, 2.45) is 5.73 Å². The average molecular weight is 293 g/mol. The third kappa shape index (κ3) is 4.19. The van der Waals surface area contributed by atoms with Crippen molar-refractivity contribution in [2.45, 2.75) is 50.9 Å². The van der Waals surface area contributed by atoms with Gasteiger partial charge in [0.15, 0.2) is 0 Å². The Hall–Kier alpha value is -1.10. The van der Waals surface area contributed by atoms with Gasteiger partial charge in [0.25, 0.3) is 0 Å². The van der Waals surface area contributed by atoms with Gasteiger partial charge in [-0.15, -0.1) is 0 Å². The van der Waals surface area contributed by atoms with Crippen molar-refractivity contribution in [3.8, 4) is 5.75 Å². The summed E-state index contributed by atoms with van der Waals surface area (Å²) >= 11 is 0. The molecule has 118 valence electrons. The van der Waals surface area contributed by atoms with E-state index in [4.69, 9.17) is 19.9 Å². The predicted octanol–water partition coefficient (Wildman–Crippen LogP) is 2.71. The minimum absolute atomic E-state index is 0.0330. The van der Waals surface area contributed by atoms with Gasteiger partial charge in [-0.1, -0.05) is 26.0 Å². The molecular weight excluding hydrogens is 266 g/mol. The highest BCUT2D eigenvalue weighted by Gasteiger charge is 2.41. The summed E-state index contributed by atoms with van der Waals surface area (Å²) in [5, 5.41) is 0. The molecule has 0 amide bonds. The summed E-state index contributed by atoms with van der Waals surface area (Å²) in [4.78, 5) is 0. The Bertz CT molecular complexity index is 421. The van der Waals surface area contributed by atoms with E-state index in [1.165, 1.54) is 5.56 Å². The van der Waals surface area contributed by atoms with Gasteiger partial charge in [0.2, 0.25) is 0 Å². The van der Waals surface area contributed by atoms with Crippen LogP contribution in [0.3, 0.4) is 0 Å². The van der Waals surface area contributed by atoms with Gasteiger partial charge in [-0.2, -0.15) is 0 Å². The van der Waals surface area contributed by atoms with E-state index in [-0.39, 0.29) is 18.2 Å². The average Bonchev–Trinajstić information content (AvgIpc) is 2.51. The number of hydrogen-bond donors (Lipinski definition) is 1. The molecule has 0 saturated heterocycles. The summed E-state index contributed by atoms with van der Waals surface area (Å²) < 4.78 is 16.7. The first kappa shape index (κ1) is 16.3. The maximum atomic E-state index is 5.99. The molecule has 0 heterocycles. The maximum absolute atomic E-state index is 5.99. The van der Waals surface area contributed by atoms with E-state index in [0.717, 1.165) is 18.6 Å². The van der Waals surface area contributed by atoms with E-state index in [9.17, 15) is 0 Å². The van der Waals surface area contributed by atoms with Crippen LogP contribution in [0, 0.1) is 0 Å². The van der Waals surface area contributed by atoms with Gasteiger partial charge >= 0.3 is 0 Å². The van der Waals surface area contributed by atoms with Crippen molar-refractivity contribution < 1.29 is 14.2 Å². The van der Waals surface area contributed by atoms with Crippen molar-refractivity contribution >= 4 is 0 Å². The molecule has 1 fully saturated rings. The van der Waals surface area contributed by atoms with Crippen molar-refractivity contribution in [3.63, 3.8) is 0 Å². The molecule has 1 aromatic carbocycles. The topological polar surface area (TPSA) is 53.7 Å². The van der Waals surface area contributed by atoms with Gasteiger partial charge in [0.1, 0.15) is 18.0 Å². The molecule has 0 aliphatic heterocycles. The zero-order valence-corrected chi connectivity index (χ0v) is 13.2. The molecule has 4 unspecified atom stereocenters. The standard InChI is InChI=1S/C17H27NO3/c1-4-12(2)13-5-7-14(8-6-13)21-16-11-15(18)17(16)20-10-9-19-3/h5-8,12,15-17H,4,9-11,18H2,1-3H3. The smallest absolute Gasteiger partial charge is 0.128 e.